The Morgan fingerprint density at radius 2 is 2.28 bits per heavy atom. The van der Waals surface area contributed by atoms with Gasteiger partial charge < -0.3 is 19.8 Å². The number of unbranched alkanes of at least 4 members (excludes halogenated alkanes) is 1. The molecule has 1 aliphatic heterocycles. The van der Waals surface area contributed by atoms with Gasteiger partial charge in [-0.15, -0.1) is 24.0 Å². The van der Waals surface area contributed by atoms with E-state index in [2.05, 4.69) is 34.6 Å². The molecule has 3 rings (SSSR count). The highest BCUT2D eigenvalue weighted by molar-refractivity contribution is 14.0. The van der Waals surface area contributed by atoms with Gasteiger partial charge in [-0.05, 0) is 30.9 Å². The number of aliphatic imine (C=N–C) groups is 1. The molecule has 0 bridgehead atoms. The van der Waals surface area contributed by atoms with E-state index in [1.807, 2.05) is 16.8 Å². The molecule has 3 heterocycles. The van der Waals surface area contributed by atoms with Crippen molar-refractivity contribution in [1.29, 1.82) is 0 Å². The van der Waals surface area contributed by atoms with Crippen LogP contribution in [-0.4, -0.2) is 47.0 Å². The zero-order valence-electron chi connectivity index (χ0n) is 19.7. The lowest BCUT2D eigenvalue weighted by Crippen LogP contribution is -2.47. The molecule has 2 aromatic rings. The van der Waals surface area contributed by atoms with E-state index in [1.165, 1.54) is 19.3 Å². The van der Waals surface area contributed by atoms with Crippen molar-refractivity contribution in [2.24, 2.45) is 10.9 Å². The molecule has 180 valence electrons. The maximum atomic E-state index is 5.46. The molecule has 0 aliphatic carbocycles. The molecule has 32 heavy (non-hydrogen) atoms. The van der Waals surface area contributed by atoms with Crippen LogP contribution in [0.15, 0.2) is 27.8 Å². The van der Waals surface area contributed by atoms with Crippen LogP contribution in [0.3, 0.4) is 0 Å². The molecule has 2 aromatic heterocycles. The fourth-order valence-electron chi connectivity index (χ4n) is 3.91. The Kier molecular flexibility index (Phi) is 12.1. The number of hydrogen-bond donors (Lipinski definition) is 2. The summed E-state index contributed by atoms with van der Waals surface area (Å²) in [7, 11) is 1.67. The summed E-state index contributed by atoms with van der Waals surface area (Å²) in [4.78, 5) is 9.52. The molecule has 2 N–H and O–H groups in total. The van der Waals surface area contributed by atoms with Crippen molar-refractivity contribution in [2.45, 2.75) is 78.0 Å². The highest BCUT2D eigenvalue weighted by Gasteiger charge is 2.22. The summed E-state index contributed by atoms with van der Waals surface area (Å²) >= 11 is 0. The van der Waals surface area contributed by atoms with E-state index in [0.29, 0.717) is 12.5 Å². The normalized spacial score (nSPS) is 16.8. The van der Waals surface area contributed by atoms with E-state index >= 15 is 0 Å². The molecule has 2 unspecified atom stereocenters. The van der Waals surface area contributed by atoms with Gasteiger partial charge in [0.05, 0.1) is 12.8 Å². The van der Waals surface area contributed by atoms with E-state index in [0.717, 1.165) is 68.7 Å². The van der Waals surface area contributed by atoms with Crippen molar-refractivity contribution in [3.63, 3.8) is 0 Å². The van der Waals surface area contributed by atoms with Gasteiger partial charge in [0.1, 0.15) is 18.2 Å². The third-order valence-electron chi connectivity index (χ3n) is 5.81. The van der Waals surface area contributed by atoms with Gasteiger partial charge in [0, 0.05) is 39.1 Å². The number of aromatic nitrogens is 3. The van der Waals surface area contributed by atoms with Gasteiger partial charge in [-0.1, -0.05) is 33.1 Å². The Labute approximate surface area is 209 Å². The number of aryl methyl sites for hydroxylation is 1. The predicted octanol–water partition coefficient (Wildman–Crippen LogP) is 3.94. The number of guanidine groups is 1. The van der Waals surface area contributed by atoms with Crippen molar-refractivity contribution >= 4 is 29.9 Å². The maximum Gasteiger partial charge on any atom is 0.191 e. The Morgan fingerprint density at radius 3 is 3.00 bits per heavy atom. The molecule has 8 nitrogen and oxygen atoms in total. The molecule has 0 saturated carbocycles. The van der Waals surface area contributed by atoms with Crippen LogP contribution >= 0.6 is 24.0 Å². The lowest BCUT2D eigenvalue weighted by atomic mass is 10.00. The smallest absolute Gasteiger partial charge is 0.191 e. The first-order valence-electron chi connectivity index (χ1n) is 11.7. The number of rotatable bonds is 12. The fourth-order valence-corrected chi connectivity index (χ4v) is 3.91. The SMILES string of the molecule is CCCCC(CC)CN=C(NCCc1ccco1)NC1CCc2nc(COC)nn2C1.I. The number of methoxy groups -OCH3 is 1. The van der Waals surface area contributed by atoms with Crippen LogP contribution in [0.2, 0.25) is 0 Å². The second-order valence-electron chi connectivity index (χ2n) is 8.30. The topological polar surface area (TPSA) is 89.5 Å². The number of nitrogens with zero attached hydrogens (tertiary/aromatic N) is 4. The van der Waals surface area contributed by atoms with Gasteiger partial charge in [-0.25, -0.2) is 9.67 Å². The van der Waals surface area contributed by atoms with Crippen molar-refractivity contribution in [3.8, 4) is 0 Å². The van der Waals surface area contributed by atoms with Crippen LogP contribution in [0.25, 0.3) is 0 Å². The third kappa shape index (κ3) is 8.38. The third-order valence-corrected chi connectivity index (χ3v) is 5.81. The fraction of sp³-hybridized carbons (Fsp3) is 0.696. The number of nitrogens with one attached hydrogen (secondary N) is 2. The summed E-state index contributed by atoms with van der Waals surface area (Å²) in [6.45, 7) is 7.39. The molecule has 0 fully saturated rings. The molecule has 0 amide bonds. The van der Waals surface area contributed by atoms with Crippen molar-refractivity contribution < 1.29 is 9.15 Å². The van der Waals surface area contributed by atoms with Crippen molar-refractivity contribution in [1.82, 2.24) is 25.4 Å². The summed E-state index contributed by atoms with van der Waals surface area (Å²) in [5.41, 5.74) is 0. The number of fused-ring (bicyclic) bond motifs is 1. The second kappa shape index (κ2) is 14.5. The van der Waals surface area contributed by atoms with Crippen molar-refractivity contribution in [3.05, 3.63) is 35.8 Å². The van der Waals surface area contributed by atoms with Crippen LogP contribution < -0.4 is 10.6 Å². The molecule has 2 atom stereocenters. The van der Waals surface area contributed by atoms with Gasteiger partial charge in [-0.3, -0.25) is 4.99 Å². The number of halogens is 1. The molecule has 0 saturated heterocycles. The van der Waals surface area contributed by atoms with Crippen LogP contribution in [0.1, 0.15) is 63.4 Å². The average Bonchev–Trinajstić information content (AvgIpc) is 3.43. The zero-order chi connectivity index (χ0) is 21.9. The first-order valence-corrected chi connectivity index (χ1v) is 11.7. The minimum Gasteiger partial charge on any atom is -0.469 e. The molecule has 1 aliphatic rings. The van der Waals surface area contributed by atoms with Gasteiger partial charge in [0.2, 0.25) is 0 Å². The Balaban J connectivity index is 0.00000363. The Hall–Kier alpha value is -1.62. The number of ether oxygens (including phenoxy) is 1. The van der Waals surface area contributed by atoms with Gasteiger partial charge in [0.15, 0.2) is 11.8 Å². The lowest BCUT2D eigenvalue weighted by molar-refractivity contribution is 0.177. The molecule has 9 heteroatoms. The van der Waals surface area contributed by atoms with E-state index in [1.54, 1.807) is 13.4 Å². The Bertz CT molecular complexity index is 793. The Morgan fingerprint density at radius 1 is 1.41 bits per heavy atom. The standard InChI is InChI=1S/C23H38N6O2.HI/c1-4-6-8-18(5-2)15-25-23(24-13-12-20-9-7-14-31-20)26-19-10-11-22-27-21(17-30-3)28-29(22)16-19;/h7,9,14,18-19H,4-6,8,10-13,15-17H2,1-3H3,(H2,24,25,26);1H. The highest BCUT2D eigenvalue weighted by atomic mass is 127. The van der Waals surface area contributed by atoms with E-state index in [-0.39, 0.29) is 30.0 Å². The van der Waals surface area contributed by atoms with Gasteiger partial charge in [0.25, 0.3) is 0 Å². The summed E-state index contributed by atoms with van der Waals surface area (Å²) < 4.78 is 12.6. The molecule has 0 radical (unpaired) electrons. The quantitative estimate of drug-likeness (QED) is 0.233. The van der Waals surface area contributed by atoms with Gasteiger partial charge in [-0.2, -0.15) is 5.10 Å². The lowest BCUT2D eigenvalue weighted by Gasteiger charge is -2.26. The zero-order valence-corrected chi connectivity index (χ0v) is 22.0. The number of furan rings is 1. The molecular weight excluding hydrogens is 519 g/mol. The second-order valence-corrected chi connectivity index (χ2v) is 8.30. The molecule has 0 spiro atoms. The summed E-state index contributed by atoms with van der Waals surface area (Å²) in [6, 6.07) is 4.21. The van der Waals surface area contributed by atoms with E-state index < -0.39 is 0 Å². The molecule has 0 aromatic carbocycles. The summed E-state index contributed by atoms with van der Waals surface area (Å²) in [5.74, 6) is 4.29. The number of hydrogen-bond acceptors (Lipinski definition) is 5. The first kappa shape index (κ1) is 26.6. The predicted molar refractivity (Wildman–Crippen MR) is 137 cm³/mol. The average molecular weight is 559 g/mol. The maximum absolute atomic E-state index is 5.46. The summed E-state index contributed by atoms with van der Waals surface area (Å²) in [6.07, 6.45) is 9.38. The molecular formula is C23H39IN6O2. The van der Waals surface area contributed by atoms with Crippen LogP contribution in [0.4, 0.5) is 0 Å². The van der Waals surface area contributed by atoms with Crippen LogP contribution in [0, 0.1) is 5.92 Å². The van der Waals surface area contributed by atoms with Crippen LogP contribution in [-0.2, 0) is 30.7 Å². The van der Waals surface area contributed by atoms with Gasteiger partial charge >= 0.3 is 0 Å². The van der Waals surface area contributed by atoms with E-state index in [4.69, 9.17) is 14.1 Å². The largest absolute Gasteiger partial charge is 0.469 e. The van der Waals surface area contributed by atoms with E-state index in [9.17, 15) is 0 Å². The first-order chi connectivity index (χ1) is 15.2. The minimum atomic E-state index is 0. The monoisotopic (exact) mass is 558 g/mol. The summed E-state index contributed by atoms with van der Waals surface area (Å²) in [5, 5.41) is 11.7. The van der Waals surface area contributed by atoms with Crippen molar-refractivity contribution in [2.75, 3.05) is 20.2 Å². The minimum absolute atomic E-state index is 0. The van der Waals surface area contributed by atoms with Crippen LogP contribution in [0.5, 0.6) is 0 Å². The highest BCUT2D eigenvalue weighted by Crippen LogP contribution is 2.15.